The lowest BCUT2D eigenvalue weighted by Crippen LogP contribution is -2.40. The summed E-state index contributed by atoms with van der Waals surface area (Å²) >= 11 is 0. The number of hydrogen-bond donors (Lipinski definition) is 2. The molecule has 1 aliphatic heterocycles. The van der Waals surface area contributed by atoms with E-state index < -0.39 is 0 Å². The average Bonchev–Trinajstić information content (AvgIpc) is 3.15. The fourth-order valence-corrected chi connectivity index (χ4v) is 3.31. The number of likely N-dealkylation sites (N-methyl/N-ethyl adjacent to an activating group) is 1. The summed E-state index contributed by atoms with van der Waals surface area (Å²) in [5.41, 5.74) is 0.898. The third-order valence-corrected chi connectivity index (χ3v) is 4.82. The number of fused-ring (bicyclic) bond motifs is 1. The van der Waals surface area contributed by atoms with Gasteiger partial charge in [0, 0.05) is 31.8 Å². The molecule has 1 aromatic heterocycles. The summed E-state index contributed by atoms with van der Waals surface area (Å²) in [4.78, 5) is 6.71. The van der Waals surface area contributed by atoms with E-state index in [0.717, 1.165) is 42.5 Å². The van der Waals surface area contributed by atoms with Crippen LogP contribution in [0.25, 0.3) is 0 Å². The first-order chi connectivity index (χ1) is 13.7. The summed E-state index contributed by atoms with van der Waals surface area (Å²) in [6, 6.07) is 9.92. The number of furan rings is 1. The average molecular weight is 386 g/mol. The molecule has 0 spiro atoms. The number of aliphatic imine (C=N–C) groups is 1. The molecule has 0 aliphatic carbocycles. The van der Waals surface area contributed by atoms with E-state index in [1.54, 1.807) is 13.3 Å². The molecule has 7 nitrogen and oxygen atoms in total. The van der Waals surface area contributed by atoms with E-state index >= 15 is 0 Å². The van der Waals surface area contributed by atoms with E-state index in [1.807, 2.05) is 30.3 Å². The van der Waals surface area contributed by atoms with Gasteiger partial charge in [0.1, 0.15) is 5.76 Å². The van der Waals surface area contributed by atoms with Crippen LogP contribution in [-0.2, 0) is 0 Å². The van der Waals surface area contributed by atoms with Crippen molar-refractivity contribution >= 4 is 11.6 Å². The molecule has 0 bridgehead atoms. The third-order valence-electron chi connectivity index (χ3n) is 4.82. The highest BCUT2D eigenvalue weighted by Crippen LogP contribution is 2.32. The summed E-state index contributed by atoms with van der Waals surface area (Å²) in [5.74, 6) is 3.18. The zero-order valence-electron chi connectivity index (χ0n) is 16.9. The van der Waals surface area contributed by atoms with Crippen LogP contribution < -0.4 is 20.1 Å². The Morgan fingerprint density at radius 1 is 1.14 bits per heavy atom. The molecule has 1 unspecified atom stereocenters. The number of rotatable bonds is 7. The van der Waals surface area contributed by atoms with Crippen molar-refractivity contribution in [2.45, 2.75) is 26.3 Å². The summed E-state index contributed by atoms with van der Waals surface area (Å²) in [6.45, 7) is 8.23. The Labute approximate surface area is 166 Å². The van der Waals surface area contributed by atoms with Crippen molar-refractivity contribution in [3.05, 3.63) is 42.4 Å². The molecule has 0 amide bonds. The molecule has 2 heterocycles. The van der Waals surface area contributed by atoms with Crippen molar-refractivity contribution in [2.75, 3.05) is 45.2 Å². The van der Waals surface area contributed by atoms with Gasteiger partial charge in [-0.15, -0.1) is 0 Å². The standard InChI is InChI=1S/C21H30N4O3/c1-4-25(5-2)17(18-8-6-11-26-18)15-23-21(22-3)24-16-9-10-19-20(14-16)28-13-7-12-27-19/h6,8-11,14,17H,4-5,7,12-13,15H2,1-3H3,(H2,22,23,24). The molecule has 28 heavy (non-hydrogen) atoms. The lowest BCUT2D eigenvalue weighted by Gasteiger charge is -2.28. The van der Waals surface area contributed by atoms with Crippen molar-refractivity contribution in [3.63, 3.8) is 0 Å². The summed E-state index contributed by atoms with van der Waals surface area (Å²) in [7, 11) is 1.76. The van der Waals surface area contributed by atoms with Gasteiger partial charge in [-0.05, 0) is 37.4 Å². The first-order valence-corrected chi connectivity index (χ1v) is 9.89. The number of hydrogen-bond acceptors (Lipinski definition) is 5. The highest BCUT2D eigenvalue weighted by Gasteiger charge is 2.21. The molecule has 2 aromatic rings. The van der Waals surface area contributed by atoms with Crippen LogP contribution in [0.5, 0.6) is 11.5 Å². The molecule has 1 atom stereocenters. The van der Waals surface area contributed by atoms with Crippen molar-refractivity contribution in [3.8, 4) is 11.5 Å². The van der Waals surface area contributed by atoms with Gasteiger partial charge in [-0.3, -0.25) is 9.89 Å². The Morgan fingerprint density at radius 2 is 1.93 bits per heavy atom. The molecule has 1 aliphatic rings. The van der Waals surface area contributed by atoms with E-state index in [2.05, 4.69) is 34.4 Å². The maximum atomic E-state index is 5.77. The molecule has 7 heteroatoms. The molecule has 0 fully saturated rings. The maximum absolute atomic E-state index is 5.77. The Morgan fingerprint density at radius 3 is 2.61 bits per heavy atom. The topological polar surface area (TPSA) is 71.3 Å². The van der Waals surface area contributed by atoms with Crippen LogP contribution in [0.4, 0.5) is 5.69 Å². The largest absolute Gasteiger partial charge is 0.490 e. The van der Waals surface area contributed by atoms with Crippen LogP contribution in [0.15, 0.2) is 46.0 Å². The van der Waals surface area contributed by atoms with Crippen molar-refractivity contribution in [2.24, 2.45) is 4.99 Å². The Kier molecular flexibility index (Phi) is 7.19. The monoisotopic (exact) mass is 386 g/mol. The highest BCUT2D eigenvalue weighted by molar-refractivity contribution is 5.93. The minimum Gasteiger partial charge on any atom is -0.490 e. The molecule has 0 saturated carbocycles. The maximum Gasteiger partial charge on any atom is 0.195 e. The predicted molar refractivity (Wildman–Crippen MR) is 111 cm³/mol. The van der Waals surface area contributed by atoms with E-state index in [0.29, 0.717) is 25.7 Å². The van der Waals surface area contributed by atoms with Crippen LogP contribution >= 0.6 is 0 Å². The second kappa shape index (κ2) is 10.0. The molecule has 0 saturated heterocycles. The van der Waals surface area contributed by atoms with Crippen molar-refractivity contribution in [1.29, 1.82) is 0 Å². The number of guanidine groups is 1. The Bertz CT molecular complexity index is 757. The third kappa shape index (κ3) is 4.98. The molecule has 3 rings (SSSR count). The smallest absolute Gasteiger partial charge is 0.195 e. The fourth-order valence-electron chi connectivity index (χ4n) is 3.31. The SMILES string of the molecule is CCN(CC)C(CNC(=NC)Nc1ccc2c(c1)OCCCO2)c1ccco1. The van der Waals surface area contributed by atoms with Gasteiger partial charge in [0.2, 0.25) is 0 Å². The first kappa shape index (κ1) is 20.1. The highest BCUT2D eigenvalue weighted by atomic mass is 16.5. The summed E-state index contributed by atoms with van der Waals surface area (Å²) in [6.07, 6.45) is 2.61. The van der Waals surface area contributed by atoms with Crippen molar-refractivity contribution in [1.82, 2.24) is 10.2 Å². The second-order valence-electron chi connectivity index (χ2n) is 6.54. The van der Waals surface area contributed by atoms with Gasteiger partial charge in [0.25, 0.3) is 0 Å². The van der Waals surface area contributed by atoms with Gasteiger partial charge >= 0.3 is 0 Å². The molecule has 0 radical (unpaired) electrons. The lowest BCUT2D eigenvalue weighted by atomic mass is 10.2. The van der Waals surface area contributed by atoms with Crippen molar-refractivity contribution < 1.29 is 13.9 Å². The summed E-state index contributed by atoms with van der Waals surface area (Å²) in [5, 5.41) is 6.74. The number of nitrogens with zero attached hydrogens (tertiary/aromatic N) is 2. The van der Waals surface area contributed by atoms with Crippen LogP contribution in [0.1, 0.15) is 32.1 Å². The predicted octanol–water partition coefficient (Wildman–Crippen LogP) is 3.51. The summed E-state index contributed by atoms with van der Waals surface area (Å²) < 4.78 is 17.1. The van der Waals surface area contributed by atoms with Crippen LogP contribution in [0.3, 0.4) is 0 Å². The lowest BCUT2D eigenvalue weighted by molar-refractivity contribution is 0.193. The number of nitrogens with one attached hydrogen (secondary N) is 2. The van der Waals surface area contributed by atoms with E-state index in [9.17, 15) is 0 Å². The zero-order valence-corrected chi connectivity index (χ0v) is 16.9. The minimum absolute atomic E-state index is 0.132. The Hall–Kier alpha value is -2.67. The molecular weight excluding hydrogens is 356 g/mol. The van der Waals surface area contributed by atoms with Gasteiger partial charge in [-0.25, -0.2) is 0 Å². The van der Waals surface area contributed by atoms with E-state index in [4.69, 9.17) is 13.9 Å². The quantitative estimate of drug-likeness (QED) is 0.560. The number of benzene rings is 1. The van der Waals surface area contributed by atoms with Crippen LogP contribution in [-0.4, -0.2) is 50.8 Å². The van der Waals surface area contributed by atoms with Gasteiger partial charge in [0.15, 0.2) is 17.5 Å². The van der Waals surface area contributed by atoms with E-state index in [-0.39, 0.29) is 6.04 Å². The van der Waals surface area contributed by atoms with Crippen LogP contribution in [0.2, 0.25) is 0 Å². The van der Waals surface area contributed by atoms with Gasteiger partial charge in [0.05, 0.1) is 25.5 Å². The van der Waals surface area contributed by atoms with Crippen LogP contribution in [0, 0.1) is 0 Å². The Balaban J connectivity index is 1.66. The zero-order chi connectivity index (χ0) is 19.8. The normalized spacial score (nSPS) is 15.2. The molecular formula is C21H30N4O3. The van der Waals surface area contributed by atoms with Gasteiger partial charge < -0.3 is 24.5 Å². The fraction of sp³-hybridized carbons (Fsp3) is 0.476. The van der Waals surface area contributed by atoms with E-state index in [1.165, 1.54) is 0 Å². The van der Waals surface area contributed by atoms with Gasteiger partial charge in [-0.2, -0.15) is 0 Å². The number of ether oxygens (including phenoxy) is 2. The molecule has 2 N–H and O–H groups in total. The second-order valence-corrected chi connectivity index (χ2v) is 6.54. The minimum atomic E-state index is 0.132. The van der Waals surface area contributed by atoms with Gasteiger partial charge in [-0.1, -0.05) is 13.8 Å². The first-order valence-electron chi connectivity index (χ1n) is 9.89. The molecule has 1 aromatic carbocycles. The number of anilines is 1. The molecule has 152 valence electrons.